The molecule has 0 saturated heterocycles. The highest BCUT2D eigenvalue weighted by molar-refractivity contribution is 5.76. The number of hydrogen-bond donors (Lipinski definition) is 1. The van der Waals surface area contributed by atoms with Crippen molar-refractivity contribution in [3.8, 4) is 11.5 Å². The van der Waals surface area contributed by atoms with Crippen LogP contribution in [0, 0.1) is 22.2 Å². The molecule has 4 aliphatic carbocycles. The third kappa shape index (κ3) is 3.95. The molecule has 1 aromatic carbocycles. The summed E-state index contributed by atoms with van der Waals surface area (Å²) < 4.78 is 10.9. The van der Waals surface area contributed by atoms with Gasteiger partial charge in [-0.3, -0.25) is 4.79 Å². The predicted molar refractivity (Wildman–Crippen MR) is 106 cm³/mol. The first-order valence-corrected chi connectivity index (χ1v) is 10.3. The predicted octanol–water partition coefficient (Wildman–Crippen LogP) is 4.58. The van der Waals surface area contributed by atoms with Crippen molar-refractivity contribution in [3.05, 3.63) is 24.3 Å². The fourth-order valence-electron chi connectivity index (χ4n) is 7.33. The van der Waals surface area contributed by atoms with Gasteiger partial charge in [0.05, 0.1) is 13.7 Å². The molecule has 4 heteroatoms. The molecule has 0 aliphatic heterocycles. The van der Waals surface area contributed by atoms with Crippen molar-refractivity contribution in [3.63, 3.8) is 0 Å². The minimum Gasteiger partial charge on any atom is -0.497 e. The highest BCUT2D eigenvalue weighted by atomic mass is 16.5. The summed E-state index contributed by atoms with van der Waals surface area (Å²) in [5.74, 6) is 2.57. The van der Waals surface area contributed by atoms with E-state index in [9.17, 15) is 4.79 Å². The lowest BCUT2D eigenvalue weighted by atomic mass is 9.40. The quantitative estimate of drug-likeness (QED) is 0.714. The van der Waals surface area contributed by atoms with E-state index in [1.165, 1.54) is 38.5 Å². The van der Waals surface area contributed by atoms with Crippen molar-refractivity contribution >= 4 is 5.91 Å². The molecule has 4 aliphatic rings. The standard InChI is InChI=1S/C23H33NO3/c1-21-10-17-11-22(2,14-21)16-23(12-17,15-21)13-20(25)24-7-8-27-19-6-4-5-18(9-19)26-3/h4-6,9,17H,7-8,10-16H2,1-3H3,(H,24,25)/t17?,21-,22+,23?. The van der Waals surface area contributed by atoms with Gasteiger partial charge in [-0.15, -0.1) is 0 Å². The molecule has 1 N–H and O–H groups in total. The van der Waals surface area contributed by atoms with Gasteiger partial charge in [-0.2, -0.15) is 0 Å². The van der Waals surface area contributed by atoms with Gasteiger partial charge in [0, 0.05) is 12.5 Å². The van der Waals surface area contributed by atoms with Crippen LogP contribution >= 0.6 is 0 Å². The molecule has 4 saturated carbocycles. The zero-order chi connectivity index (χ0) is 19.1. The number of methoxy groups -OCH3 is 1. The van der Waals surface area contributed by atoms with Gasteiger partial charge < -0.3 is 14.8 Å². The van der Waals surface area contributed by atoms with Crippen molar-refractivity contribution in [1.29, 1.82) is 0 Å². The second-order valence-electron chi connectivity index (χ2n) is 10.2. The van der Waals surface area contributed by atoms with Crippen LogP contribution in [0.15, 0.2) is 24.3 Å². The van der Waals surface area contributed by atoms with E-state index >= 15 is 0 Å². The first kappa shape index (κ1) is 18.6. The van der Waals surface area contributed by atoms with E-state index in [4.69, 9.17) is 9.47 Å². The van der Waals surface area contributed by atoms with Crippen LogP contribution in [0.2, 0.25) is 0 Å². The monoisotopic (exact) mass is 371 g/mol. The Bertz CT molecular complexity index is 697. The SMILES string of the molecule is COc1cccc(OCCNC(=O)CC23CC4C[C@@](C)(C2)C[C@](C)(C4)C3)c1. The second kappa shape index (κ2) is 6.72. The molecule has 27 heavy (non-hydrogen) atoms. The highest BCUT2D eigenvalue weighted by Crippen LogP contribution is 2.70. The molecular weight excluding hydrogens is 338 g/mol. The number of amides is 1. The van der Waals surface area contributed by atoms with Gasteiger partial charge in [-0.25, -0.2) is 0 Å². The van der Waals surface area contributed by atoms with Crippen LogP contribution in [0.3, 0.4) is 0 Å². The van der Waals surface area contributed by atoms with Crippen LogP contribution in [0.25, 0.3) is 0 Å². The Kier molecular flexibility index (Phi) is 4.64. The Hall–Kier alpha value is -1.71. The summed E-state index contributed by atoms with van der Waals surface area (Å²) in [5, 5.41) is 3.09. The van der Waals surface area contributed by atoms with Crippen molar-refractivity contribution in [2.24, 2.45) is 22.2 Å². The summed E-state index contributed by atoms with van der Waals surface area (Å²) in [6.07, 6.45) is 8.52. The van der Waals surface area contributed by atoms with E-state index in [-0.39, 0.29) is 11.3 Å². The Morgan fingerprint density at radius 3 is 2.48 bits per heavy atom. The van der Waals surface area contributed by atoms with Gasteiger partial charge in [0.2, 0.25) is 5.91 Å². The minimum atomic E-state index is 0.193. The number of carbonyl (C=O) groups is 1. The van der Waals surface area contributed by atoms with Gasteiger partial charge in [0.1, 0.15) is 18.1 Å². The normalized spacial score (nSPS) is 36.5. The number of ether oxygens (including phenoxy) is 2. The lowest BCUT2D eigenvalue weighted by molar-refractivity contribution is -0.156. The molecule has 4 bridgehead atoms. The molecule has 2 unspecified atom stereocenters. The smallest absolute Gasteiger partial charge is 0.220 e. The van der Waals surface area contributed by atoms with Crippen LogP contribution < -0.4 is 14.8 Å². The van der Waals surface area contributed by atoms with Crippen LogP contribution in [0.5, 0.6) is 11.5 Å². The molecule has 4 fully saturated rings. The molecule has 5 rings (SSSR count). The zero-order valence-electron chi connectivity index (χ0n) is 17.0. The molecule has 4 nitrogen and oxygen atoms in total. The summed E-state index contributed by atoms with van der Waals surface area (Å²) in [6, 6.07) is 7.56. The lowest BCUT2D eigenvalue weighted by Crippen LogP contribution is -2.56. The van der Waals surface area contributed by atoms with E-state index in [1.807, 2.05) is 24.3 Å². The van der Waals surface area contributed by atoms with Gasteiger partial charge in [0.25, 0.3) is 0 Å². The van der Waals surface area contributed by atoms with E-state index in [0.29, 0.717) is 30.4 Å². The topological polar surface area (TPSA) is 47.6 Å². The van der Waals surface area contributed by atoms with Crippen LogP contribution in [0.1, 0.15) is 58.8 Å². The second-order valence-corrected chi connectivity index (χ2v) is 10.2. The third-order valence-corrected chi connectivity index (χ3v) is 7.01. The molecule has 0 radical (unpaired) electrons. The minimum absolute atomic E-state index is 0.193. The van der Waals surface area contributed by atoms with E-state index in [0.717, 1.165) is 17.4 Å². The summed E-state index contributed by atoms with van der Waals surface area (Å²) in [6.45, 7) is 5.95. The maximum absolute atomic E-state index is 12.7. The Labute approximate surface area is 163 Å². The van der Waals surface area contributed by atoms with Crippen molar-refractivity contribution in [2.45, 2.75) is 58.8 Å². The average Bonchev–Trinajstić information content (AvgIpc) is 2.55. The van der Waals surface area contributed by atoms with Crippen LogP contribution in [-0.4, -0.2) is 26.2 Å². The fourth-order valence-corrected chi connectivity index (χ4v) is 7.33. The number of benzene rings is 1. The van der Waals surface area contributed by atoms with Gasteiger partial charge in [-0.1, -0.05) is 19.9 Å². The van der Waals surface area contributed by atoms with Gasteiger partial charge in [-0.05, 0) is 72.8 Å². The Morgan fingerprint density at radius 2 is 1.81 bits per heavy atom. The third-order valence-electron chi connectivity index (χ3n) is 7.01. The number of nitrogens with one attached hydrogen (secondary N) is 1. The van der Waals surface area contributed by atoms with Gasteiger partial charge >= 0.3 is 0 Å². The fraction of sp³-hybridized carbons (Fsp3) is 0.696. The number of carbonyl (C=O) groups excluding carboxylic acids is 1. The largest absolute Gasteiger partial charge is 0.497 e. The van der Waals surface area contributed by atoms with E-state index < -0.39 is 0 Å². The maximum atomic E-state index is 12.7. The molecule has 1 amide bonds. The maximum Gasteiger partial charge on any atom is 0.220 e. The molecule has 0 heterocycles. The molecular formula is C23H33NO3. The summed E-state index contributed by atoms with van der Waals surface area (Å²) >= 11 is 0. The Morgan fingerprint density at radius 1 is 1.11 bits per heavy atom. The molecule has 0 spiro atoms. The first-order valence-electron chi connectivity index (χ1n) is 10.3. The van der Waals surface area contributed by atoms with Crippen molar-refractivity contribution in [1.82, 2.24) is 5.32 Å². The Balaban J connectivity index is 1.27. The summed E-state index contributed by atoms with van der Waals surface area (Å²) in [7, 11) is 1.64. The molecule has 1 aromatic rings. The van der Waals surface area contributed by atoms with Gasteiger partial charge in [0.15, 0.2) is 0 Å². The molecule has 4 atom stereocenters. The lowest BCUT2D eigenvalue weighted by Gasteiger charge is -2.65. The summed E-state index contributed by atoms with van der Waals surface area (Å²) in [5.41, 5.74) is 1.16. The highest BCUT2D eigenvalue weighted by Gasteiger charge is 2.60. The van der Waals surface area contributed by atoms with Crippen LogP contribution in [-0.2, 0) is 4.79 Å². The number of hydrogen-bond acceptors (Lipinski definition) is 3. The van der Waals surface area contributed by atoms with E-state index in [2.05, 4.69) is 19.2 Å². The molecule has 148 valence electrons. The summed E-state index contributed by atoms with van der Waals surface area (Å²) in [4.78, 5) is 12.7. The van der Waals surface area contributed by atoms with Crippen LogP contribution in [0.4, 0.5) is 0 Å². The average molecular weight is 372 g/mol. The van der Waals surface area contributed by atoms with Crippen molar-refractivity contribution < 1.29 is 14.3 Å². The first-order chi connectivity index (χ1) is 12.8. The molecule has 0 aromatic heterocycles. The van der Waals surface area contributed by atoms with E-state index in [1.54, 1.807) is 7.11 Å². The number of rotatable bonds is 7. The van der Waals surface area contributed by atoms with Crippen molar-refractivity contribution in [2.75, 3.05) is 20.3 Å². The zero-order valence-corrected chi connectivity index (χ0v) is 17.0.